The van der Waals surface area contributed by atoms with Gasteiger partial charge in [-0.2, -0.15) is 5.10 Å². The lowest BCUT2D eigenvalue weighted by Gasteiger charge is -2.45. The van der Waals surface area contributed by atoms with Crippen molar-refractivity contribution in [2.24, 2.45) is 10.7 Å². The number of ether oxygens (including phenoxy) is 3. The molecule has 5 rings (SSSR count). The highest BCUT2D eigenvalue weighted by molar-refractivity contribution is 6.39. The molecule has 0 bridgehead atoms. The summed E-state index contributed by atoms with van der Waals surface area (Å²) in [6, 6.07) is 6.40. The van der Waals surface area contributed by atoms with Gasteiger partial charge in [-0.3, -0.25) is 19.1 Å². The second kappa shape index (κ2) is 9.97. The van der Waals surface area contributed by atoms with E-state index >= 15 is 0 Å². The highest BCUT2D eigenvalue weighted by Gasteiger charge is 2.60. The lowest BCUT2D eigenvalue weighted by atomic mass is 9.77. The van der Waals surface area contributed by atoms with Crippen molar-refractivity contribution < 1.29 is 27.8 Å². The number of rotatable bonds is 8. The molecule has 3 aromatic rings. The molecule has 3 heterocycles. The number of carbonyl (C=O) groups is 1. The molecule has 2 aromatic heterocycles. The first-order valence-corrected chi connectivity index (χ1v) is 12.2. The van der Waals surface area contributed by atoms with E-state index < -0.39 is 36.9 Å². The molecule has 1 aliphatic carbocycles. The number of fused-ring (bicyclic) bond motifs is 1. The van der Waals surface area contributed by atoms with Crippen LogP contribution in [0, 0.1) is 0 Å². The predicted octanol–water partition coefficient (Wildman–Crippen LogP) is 2.64. The summed E-state index contributed by atoms with van der Waals surface area (Å²) in [6.45, 7) is -0.749. The van der Waals surface area contributed by atoms with E-state index in [0.717, 1.165) is 5.56 Å². The second-order valence-electron chi connectivity index (χ2n) is 9.44. The Labute approximate surface area is 226 Å². The van der Waals surface area contributed by atoms with Gasteiger partial charge in [-0.25, -0.2) is 13.3 Å². The van der Waals surface area contributed by atoms with Crippen LogP contribution in [0.3, 0.4) is 0 Å². The summed E-state index contributed by atoms with van der Waals surface area (Å²) < 4.78 is 46.4. The molecule has 0 radical (unpaired) electrons. The molecule has 0 saturated heterocycles. The molecule has 0 spiro atoms. The smallest absolute Gasteiger partial charge is 0.320 e. The monoisotopic (exact) mass is 562 g/mol. The number of hydrogen-bond acceptors (Lipinski definition) is 9. The number of nitrogens with zero attached hydrogens (tertiary/aromatic N) is 5. The SMILES string of the molecule is COc1cc(-n2cnn3cc(C4N=CC(Cl)=CN4C)cc3c2=O)ccc1OCC1(OC(=O)CN)CC(F)(F)C1. The number of methoxy groups -OCH3 is 1. The average molecular weight is 563 g/mol. The van der Waals surface area contributed by atoms with Gasteiger partial charge >= 0.3 is 5.97 Å². The molecule has 2 N–H and O–H groups in total. The van der Waals surface area contributed by atoms with Gasteiger partial charge in [0.25, 0.3) is 11.5 Å². The van der Waals surface area contributed by atoms with Crippen LogP contribution in [-0.4, -0.2) is 70.1 Å². The van der Waals surface area contributed by atoms with Crippen molar-refractivity contribution in [1.82, 2.24) is 19.1 Å². The van der Waals surface area contributed by atoms with E-state index in [9.17, 15) is 18.4 Å². The molecular formula is C25H25ClF2N6O5. The second-order valence-corrected chi connectivity index (χ2v) is 9.87. The fourth-order valence-corrected chi connectivity index (χ4v) is 4.92. The number of aromatic nitrogens is 3. The topological polar surface area (TPSA) is 126 Å². The number of hydrogen-bond donors (Lipinski definition) is 1. The highest BCUT2D eigenvalue weighted by atomic mass is 35.5. The number of benzene rings is 1. The average Bonchev–Trinajstić information content (AvgIpc) is 3.31. The first kappa shape index (κ1) is 26.6. The van der Waals surface area contributed by atoms with Crippen molar-refractivity contribution in [3.63, 3.8) is 0 Å². The molecule has 11 nitrogen and oxygen atoms in total. The molecule has 1 saturated carbocycles. The maximum Gasteiger partial charge on any atom is 0.320 e. The molecule has 1 fully saturated rings. The maximum absolute atomic E-state index is 13.6. The van der Waals surface area contributed by atoms with Crippen LogP contribution >= 0.6 is 11.6 Å². The highest BCUT2D eigenvalue weighted by Crippen LogP contribution is 2.48. The summed E-state index contributed by atoms with van der Waals surface area (Å²) in [5.41, 5.74) is 4.96. The Morgan fingerprint density at radius 1 is 1.26 bits per heavy atom. The predicted molar refractivity (Wildman–Crippen MR) is 138 cm³/mol. The fourth-order valence-electron chi connectivity index (χ4n) is 4.71. The Kier molecular flexibility index (Phi) is 6.81. The van der Waals surface area contributed by atoms with Crippen LogP contribution in [0.15, 0.2) is 57.8 Å². The number of halogens is 3. The van der Waals surface area contributed by atoms with Crippen LogP contribution in [0.5, 0.6) is 11.5 Å². The Morgan fingerprint density at radius 3 is 2.69 bits per heavy atom. The van der Waals surface area contributed by atoms with Crippen molar-refractivity contribution in [3.05, 3.63) is 63.9 Å². The number of allylic oxidation sites excluding steroid dienone is 1. The van der Waals surface area contributed by atoms with Gasteiger partial charge in [0.1, 0.15) is 24.6 Å². The van der Waals surface area contributed by atoms with Crippen molar-refractivity contribution in [3.8, 4) is 17.2 Å². The first-order valence-electron chi connectivity index (χ1n) is 11.9. The van der Waals surface area contributed by atoms with E-state index in [-0.39, 0.29) is 29.8 Å². The number of esters is 1. The Balaban J connectivity index is 1.39. The minimum absolute atomic E-state index is 0.219. The van der Waals surface area contributed by atoms with E-state index in [4.69, 9.17) is 31.5 Å². The first-order chi connectivity index (χ1) is 18.5. The van der Waals surface area contributed by atoms with Crippen LogP contribution in [0.1, 0.15) is 24.6 Å². The Hall–Kier alpha value is -3.97. The minimum atomic E-state index is -2.96. The van der Waals surface area contributed by atoms with Gasteiger partial charge < -0.3 is 24.8 Å². The third-order valence-corrected chi connectivity index (χ3v) is 6.67. The van der Waals surface area contributed by atoms with E-state index in [1.165, 1.54) is 28.6 Å². The quantitative estimate of drug-likeness (QED) is 0.415. The third-order valence-electron chi connectivity index (χ3n) is 6.48. The van der Waals surface area contributed by atoms with Crippen molar-refractivity contribution in [2.75, 3.05) is 27.3 Å². The number of nitrogens with two attached hydrogens (primary N) is 1. The molecule has 206 valence electrons. The lowest BCUT2D eigenvalue weighted by Crippen LogP contribution is -2.58. The van der Waals surface area contributed by atoms with E-state index in [2.05, 4.69) is 10.1 Å². The van der Waals surface area contributed by atoms with Crippen LogP contribution < -0.4 is 20.8 Å². The van der Waals surface area contributed by atoms with Crippen LogP contribution in [0.4, 0.5) is 8.78 Å². The number of aliphatic imine (C=N–C) groups is 1. The van der Waals surface area contributed by atoms with Gasteiger partial charge in [-0.15, -0.1) is 0 Å². The summed E-state index contributed by atoms with van der Waals surface area (Å²) in [6.07, 6.45) is 4.69. The van der Waals surface area contributed by atoms with Crippen molar-refractivity contribution >= 4 is 29.3 Å². The normalized spacial score (nSPS) is 19.4. The standard InChI is InChI=1S/C25H25ClF2N6O5/c1-32-10-16(26)8-30-22(32)15-5-18-23(36)33(14-31-34(18)9-15)17-3-4-19(20(6-17)37-2)38-13-24(39-21(35)7-29)11-25(27,28)12-24/h3-6,8-10,14,22H,7,11-13,29H2,1-2H3. The maximum atomic E-state index is 13.6. The molecular weight excluding hydrogens is 538 g/mol. The van der Waals surface area contributed by atoms with E-state index in [1.807, 2.05) is 11.9 Å². The van der Waals surface area contributed by atoms with Crippen LogP contribution in [-0.2, 0) is 9.53 Å². The molecule has 14 heteroatoms. The van der Waals surface area contributed by atoms with Gasteiger partial charge in [-0.1, -0.05) is 11.6 Å². The molecule has 1 unspecified atom stereocenters. The molecule has 0 amide bonds. The number of carbonyl (C=O) groups excluding carboxylic acids is 1. The Morgan fingerprint density at radius 2 is 2.03 bits per heavy atom. The van der Waals surface area contributed by atoms with Gasteiger partial charge in [0.2, 0.25) is 0 Å². The molecule has 2 aliphatic rings. The van der Waals surface area contributed by atoms with Crippen molar-refractivity contribution in [1.29, 1.82) is 0 Å². The third kappa shape index (κ3) is 5.19. The van der Waals surface area contributed by atoms with Gasteiger partial charge in [-0.05, 0) is 18.2 Å². The number of alkyl halides is 2. The molecule has 1 aromatic carbocycles. The van der Waals surface area contributed by atoms with Crippen LogP contribution in [0.25, 0.3) is 11.2 Å². The molecule has 39 heavy (non-hydrogen) atoms. The van der Waals surface area contributed by atoms with E-state index in [1.54, 1.807) is 36.8 Å². The van der Waals surface area contributed by atoms with Gasteiger partial charge in [0.15, 0.2) is 17.1 Å². The zero-order valence-electron chi connectivity index (χ0n) is 21.0. The summed E-state index contributed by atoms with van der Waals surface area (Å²) in [5, 5.41) is 4.85. The summed E-state index contributed by atoms with van der Waals surface area (Å²) in [4.78, 5) is 31.3. The van der Waals surface area contributed by atoms with Gasteiger partial charge in [0.05, 0.1) is 37.2 Å². The minimum Gasteiger partial charge on any atom is -0.493 e. The Bertz CT molecular complexity index is 1540. The molecule has 1 aliphatic heterocycles. The summed E-state index contributed by atoms with van der Waals surface area (Å²) in [5.74, 6) is -3.30. The summed E-state index contributed by atoms with van der Waals surface area (Å²) in [7, 11) is 3.23. The fraction of sp³-hybridized carbons (Fsp3) is 0.360. The lowest BCUT2D eigenvalue weighted by molar-refractivity contribution is -0.233. The van der Waals surface area contributed by atoms with Crippen molar-refractivity contribution in [2.45, 2.75) is 30.5 Å². The largest absolute Gasteiger partial charge is 0.493 e. The zero-order chi connectivity index (χ0) is 27.9. The summed E-state index contributed by atoms with van der Waals surface area (Å²) >= 11 is 6.01. The van der Waals surface area contributed by atoms with Gasteiger partial charge in [0, 0.05) is 37.3 Å². The van der Waals surface area contributed by atoms with E-state index in [0.29, 0.717) is 16.2 Å². The molecule has 1 atom stereocenters. The van der Waals surface area contributed by atoms with Crippen LogP contribution in [0.2, 0.25) is 0 Å². The zero-order valence-corrected chi connectivity index (χ0v) is 21.8.